The fourth-order valence-corrected chi connectivity index (χ4v) is 2.45. The van der Waals surface area contributed by atoms with Gasteiger partial charge in [-0.2, -0.15) is 4.98 Å². The highest BCUT2D eigenvalue weighted by Gasteiger charge is 2.52. The monoisotopic (exact) mass is 312 g/mol. The van der Waals surface area contributed by atoms with Gasteiger partial charge in [0.25, 0.3) is 5.88 Å². The summed E-state index contributed by atoms with van der Waals surface area (Å²) in [4.78, 5) is 16.1. The minimum atomic E-state index is -0.0646. The molecule has 2 aliphatic rings. The van der Waals surface area contributed by atoms with Crippen LogP contribution in [-0.2, 0) is 4.79 Å². The van der Waals surface area contributed by atoms with Crippen molar-refractivity contribution >= 4 is 27.7 Å². The Bertz CT molecular complexity index is 504. The highest BCUT2D eigenvalue weighted by Crippen LogP contribution is 2.51. The highest BCUT2D eigenvalue weighted by molar-refractivity contribution is 9.10. The molecular formula is C12H13BrN2O3. The molecule has 0 saturated heterocycles. The molecule has 6 heteroatoms. The standard InChI is InChI=1S/C12H13BrN2O3/c1-12(13)6-7(12)10(16)14-9-3-2-8-11(15-9)18-5-4-17-8/h2-3,7H,4-6H2,1H3,(H,14,15,16). The van der Waals surface area contributed by atoms with E-state index in [1.165, 1.54) is 0 Å². The number of ether oxygens (including phenoxy) is 2. The zero-order valence-electron chi connectivity index (χ0n) is 9.90. The fraction of sp³-hybridized carbons (Fsp3) is 0.500. The van der Waals surface area contributed by atoms with Crippen molar-refractivity contribution in [1.82, 2.24) is 4.98 Å². The van der Waals surface area contributed by atoms with Crippen molar-refractivity contribution in [3.8, 4) is 11.6 Å². The van der Waals surface area contributed by atoms with E-state index in [0.717, 1.165) is 6.42 Å². The molecule has 0 radical (unpaired) electrons. The molecule has 1 amide bonds. The topological polar surface area (TPSA) is 60.5 Å². The average molecular weight is 313 g/mol. The first kappa shape index (κ1) is 11.8. The zero-order valence-corrected chi connectivity index (χ0v) is 11.5. The maximum atomic E-state index is 11.9. The molecule has 5 nitrogen and oxygen atoms in total. The second kappa shape index (κ2) is 4.12. The van der Waals surface area contributed by atoms with Gasteiger partial charge in [0.1, 0.15) is 19.0 Å². The maximum absolute atomic E-state index is 11.9. The summed E-state index contributed by atoms with van der Waals surface area (Å²) < 4.78 is 10.7. The number of alkyl halides is 1. The Hall–Kier alpha value is -1.30. The van der Waals surface area contributed by atoms with Crippen molar-refractivity contribution in [1.29, 1.82) is 0 Å². The number of aromatic nitrogens is 1. The number of rotatable bonds is 2. The van der Waals surface area contributed by atoms with Gasteiger partial charge in [-0.05, 0) is 25.5 Å². The molecule has 2 heterocycles. The Kier molecular flexibility index (Phi) is 2.69. The Morgan fingerprint density at radius 1 is 1.50 bits per heavy atom. The number of amides is 1. The summed E-state index contributed by atoms with van der Waals surface area (Å²) in [6.07, 6.45) is 0.851. The molecule has 1 saturated carbocycles. The Balaban J connectivity index is 1.72. The summed E-state index contributed by atoms with van der Waals surface area (Å²) in [7, 11) is 0. The first-order valence-corrected chi connectivity index (χ1v) is 6.62. The van der Waals surface area contributed by atoms with E-state index < -0.39 is 0 Å². The van der Waals surface area contributed by atoms with E-state index in [1.54, 1.807) is 12.1 Å². The van der Waals surface area contributed by atoms with Crippen molar-refractivity contribution in [3.05, 3.63) is 12.1 Å². The van der Waals surface area contributed by atoms with E-state index in [9.17, 15) is 4.79 Å². The van der Waals surface area contributed by atoms with E-state index >= 15 is 0 Å². The van der Waals surface area contributed by atoms with Crippen molar-refractivity contribution < 1.29 is 14.3 Å². The van der Waals surface area contributed by atoms with Crippen LogP contribution in [0.4, 0.5) is 5.82 Å². The predicted molar refractivity (Wildman–Crippen MR) is 69.3 cm³/mol. The van der Waals surface area contributed by atoms with Crippen molar-refractivity contribution in [3.63, 3.8) is 0 Å². The second-order valence-corrected chi connectivity index (χ2v) is 6.53. The van der Waals surface area contributed by atoms with Crippen LogP contribution in [-0.4, -0.2) is 28.4 Å². The number of anilines is 1. The smallest absolute Gasteiger partial charge is 0.259 e. The maximum Gasteiger partial charge on any atom is 0.259 e. The van der Waals surface area contributed by atoms with Crippen molar-refractivity contribution in [2.24, 2.45) is 5.92 Å². The molecule has 1 aromatic rings. The van der Waals surface area contributed by atoms with Crippen LogP contribution >= 0.6 is 15.9 Å². The van der Waals surface area contributed by atoms with Crippen LogP contribution < -0.4 is 14.8 Å². The first-order valence-electron chi connectivity index (χ1n) is 5.83. The molecule has 96 valence electrons. The summed E-state index contributed by atoms with van der Waals surface area (Å²) in [5, 5.41) is 2.79. The molecule has 0 bridgehead atoms. The van der Waals surface area contributed by atoms with Crippen LogP contribution in [0.25, 0.3) is 0 Å². The lowest BCUT2D eigenvalue weighted by molar-refractivity contribution is -0.117. The molecule has 3 rings (SSSR count). The third kappa shape index (κ3) is 2.16. The second-order valence-electron chi connectivity index (χ2n) is 4.72. The van der Waals surface area contributed by atoms with E-state index in [1.807, 2.05) is 6.92 Å². The van der Waals surface area contributed by atoms with Crippen LogP contribution in [0.5, 0.6) is 11.6 Å². The molecule has 1 fully saturated rings. The van der Waals surface area contributed by atoms with Gasteiger partial charge in [-0.3, -0.25) is 4.79 Å². The van der Waals surface area contributed by atoms with Crippen LogP contribution in [0.15, 0.2) is 12.1 Å². The zero-order chi connectivity index (χ0) is 12.8. The minimum absolute atomic E-state index is 0.00695. The number of fused-ring (bicyclic) bond motifs is 1. The van der Waals surface area contributed by atoms with E-state index in [-0.39, 0.29) is 16.1 Å². The van der Waals surface area contributed by atoms with E-state index in [4.69, 9.17) is 9.47 Å². The molecule has 2 unspecified atom stereocenters. The summed E-state index contributed by atoms with van der Waals surface area (Å²) in [6.45, 7) is 3.03. The van der Waals surface area contributed by atoms with E-state index in [0.29, 0.717) is 30.7 Å². The number of pyridine rings is 1. The molecule has 1 aromatic heterocycles. The summed E-state index contributed by atoms with van der Waals surface area (Å²) in [5.41, 5.74) is 0. The molecule has 2 atom stereocenters. The van der Waals surface area contributed by atoms with Gasteiger partial charge in [0.2, 0.25) is 5.91 Å². The summed E-state index contributed by atoms with van der Waals surface area (Å²) in [6, 6.07) is 3.48. The molecule has 1 aliphatic heterocycles. The Labute approximate surface area is 113 Å². The number of nitrogens with one attached hydrogen (secondary N) is 1. The quantitative estimate of drug-likeness (QED) is 0.848. The Morgan fingerprint density at radius 3 is 2.94 bits per heavy atom. The summed E-state index contributed by atoms with van der Waals surface area (Å²) in [5.74, 6) is 1.55. The normalized spacial score (nSPS) is 28.7. The van der Waals surface area contributed by atoms with Gasteiger partial charge in [-0.25, -0.2) is 0 Å². The van der Waals surface area contributed by atoms with Gasteiger partial charge in [0.05, 0.1) is 5.92 Å². The minimum Gasteiger partial charge on any atom is -0.484 e. The van der Waals surface area contributed by atoms with Gasteiger partial charge in [-0.15, -0.1) is 0 Å². The Morgan fingerprint density at radius 2 is 2.22 bits per heavy atom. The van der Waals surface area contributed by atoms with Gasteiger partial charge >= 0.3 is 0 Å². The average Bonchev–Trinajstić information content (AvgIpc) is 2.98. The van der Waals surface area contributed by atoms with Gasteiger partial charge in [-0.1, -0.05) is 15.9 Å². The van der Waals surface area contributed by atoms with Gasteiger partial charge in [0.15, 0.2) is 5.75 Å². The number of carbonyl (C=O) groups excluding carboxylic acids is 1. The largest absolute Gasteiger partial charge is 0.484 e. The van der Waals surface area contributed by atoms with Crippen LogP contribution in [0.1, 0.15) is 13.3 Å². The number of nitrogens with zero attached hydrogens (tertiary/aromatic N) is 1. The molecular weight excluding hydrogens is 300 g/mol. The third-order valence-electron chi connectivity index (χ3n) is 3.14. The van der Waals surface area contributed by atoms with Crippen molar-refractivity contribution in [2.75, 3.05) is 18.5 Å². The predicted octanol–water partition coefficient (Wildman–Crippen LogP) is 1.96. The molecule has 0 spiro atoms. The molecule has 1 N–H and O–H groups in total. The number of halogens is 1. The summed E-state index contributed by atoms with van der Waals surface area (Å²) >= 11 is 3.50. The SMILES string of the molecule is CC1(Br)CC1C(=O)Nc1ccc2c(n1)OCCO2. The number of hydrogen-bond acceptors (Lipinski definition) is 4. The van der Waals surface area contributed by atoms with Crippen LogP contribution in [0, 0.1) is 5.92 Å². The molecule has 1 aliphatic carbocycles. The highest BCUT2D eigenvalue weighted by atomic mass is 79.9. The van der Waals surface area contributed by atoms with Crippen LogP contribution in [0.2, 0.25) is 0 Å². The first-order chi connectivity index (χ1) is 8.56. The molecule has 18 heavy (non-hydrogen) atoms. The lowest BCUT2D eigenvalue weighted by atomic mass is 10.3. The van der Waals surface area contributed by atoms with Crippen molar-refractivity contribution in [2.45, 2.75) is 17.7 Å². The molecule has 0 aromatic carbocycles. The lowest BCUT2D eigenvalue weighted by Crippen LogP contribution is -2.20. The van der Waals surface area contributed by atoms with Gasteiger partial charge < -0.3 is 14.8 Å². The number of hydrogen-bond donors (Lipinski definition) is 1. The van der Waals surface area contributed by atoms with Gasteiger partial charge in [0, 0.05) is 4.32 Å². The third-order valence-corrected chi connectivity index (χ3v) is 4.02. The fourth-order valence-electron chi connectivity index (χ4n) is 1.92. The lowest BCUT2D eigenvalue weighted by Gasteiger charge is -2.17. The van der Waals surface area contributed by atoms with E-state index in [2.05, 4.69) is 26.2 Å². The van der Waals surface area contributed by atoms with Crippen LogP contribution in [0.3, 0.4) is 0 Å². The number of carbonyl (C=O) groups is 1.